The number of benzene rings is 1. The SMILES string of the molecule is CC1(NS(=O)(=O)c2cc3c(cc2Cl)NC(=O)C3)CCNC1. The van der Waals surface area contributed by atoms with Crippen molar-refractivity contribution in [2.45, 2.75) is 30.2 Å². The minimum absolute atomic E-state index is 0.0209. The van der Waals surface area contributed by atoms with E-state index in [0.29, 0.717) is 17.8 Å². The van der Waals surface area contributed by atoms with Crippen LogP contribution >= 0.6 is 11.6 Å². The summed E-state index contributed by atoms with van der Waals surface area (Å²) < 4.78 is 27.8. The highest BCUT2D eigenvalue weighted by molar-refractivity contribution is 7.89. The van der Waals surface area contributed by atoms with Gasteiger partial charge in [0, 0.05) is 17.8 Å². The molecule has 0 aliphatic carbocycles. The third-order valence-corrected chi connectivity index (χ3v) is 5.92. The number of fused-ring (bicyclic) bond motifs is 1. The van der Waals surface area contributed by atoms with Crippen LogP contribution in [0.5, 0.6) is 0 Å². The second-order valence-electron chi connectivity index (χ2n) is 5.76. The third-order valence-electron chi connectivity index (χ3n) is 3.82. The molecule has 2 aliphatic rings. The lowest BCUT2D eigenvalue weighted by molar-refractivity contribution is -0.115. The fraction of sp³-hybridized carbons (Fsp3) is 0.462. The maximum atomic E-state index is 12.6. The summed E-state index contributed by atoms with van der Waals surface area (Å²) in [4.78, 5) is 11.4. The summed E-state index contributed by atoms with van der Waals surface area (Å²) in [6.45, 7) is 3.21. The molecule has 0 bridgehead atoms. The first kappa shape index (κ1) is 14.8. The molecule has 0 spiro atoms. The Bertz CT molecular complexity index is 712. The van der Waals surface area contributed by atoms with Crippen LogP contribution in [-0.4, -0.2) is 33.0 Å². The van der Waals surface area contributed by atoms with Gasteiger partial charge in [0.15, 0.2) is 0 Å². The summed E-state index contributed by atoms with van der Waals surface area (Å²) in [5.74, 6) is -0.157. The standard InChI is InChI=1S/C13H16ClN3O3S/c1-13(2-3-15-7-13)17-21(19,20)11-4-8-5-12(18)16-10(8)6-9(11)14/h4,6,15,17H,2-3,5,7H2,1H3,(H,16,18). The lowest BCUT2D eigenvalue weighted by atomic mass is 10.0. The van der Waals surface area contributed by atoms with E-state index in [2.05, 4.69) is 15.4 Å². The van der Waals surface area contributed by atoms with Crippen molar-refractivity contribution in [2.75, 3.05) is 18.4 Å². The second kappa shape index (κ2) is 4.95. The van der Waals surface area contributed by atoms with E-state index in [9.17, 15) is 13.2 Å². The molecule has 1 aromatic carbocycles. The van der Waals surface area contributed by atoms with Gasteiger partial charge in [-0.15, -0.1) is 0 Å². The average molecular weight is 330 g/mol. The maximum absolute atomic E-state index is 12.6. The predicted molar refractivity (Wildman–Crippen MR) is 80.0 cm³/mol. The Labute approximate surface area is 128 Å². The Morgan fingerprint density at radius 1 is 1.38 bits per heavy atom. The highest BCUT2D eigenvalue weighted by Crippen LogP contribution is 2.33. The van der Waals surface area contributed by atoms with Gasteiger partial charge in [-0.25, -0.2) is 13.1 Å². The molecule has 1 aromatic rings. The molecule has 2 aliphatic heterocycles. The highest BCUT2D eigenvalue weighted by Gasteiger charge is 2.35. The Kier molecular flexibility index (Phi) is 3.48. The zero-order valence-electron chi connectivity index (χ0n) is 11.5. The third kappa shape index (κ3) is 2.78. The number of rotatable bonds is 3. The van der Waals surface area contributed by atoms with E-state index in [1.165, 1.54) is 12.1 Å². The smallest absolute Gasteiger partial charge is 0.242 e. The molecule has 8 heteroatoms. The van der Waals surface area contributed by atoms with Gasteiger partial charge in [0.05, 0.1) is 11.4 Å². The van der Waals surface area contributed by atoms with Crippen LogP contribution in [0.2, 0.25) is 5.02 Å². The molecule has 3 rings (SSSR count). The number of anilines is 1. The number of hydrogen-bond donors (Lipinski definition) is 3. The zero-order chi connectivity index (χ0) is 15.3. The lowest BCUT2D eigenvalue weighted by Gasteiger charge is -2.24. The van der Waals surface area contributed by atoms with E-state index in [0.717, 1.165) is 13.0 Å². The van der Waals surface area contributed by atoms with Crippen LogP contribution in [0, 0.1) is 0 Å². The summed E-state index contributed by atoms with van der Waals surface area (Å²) in [6, 6.07) is 2.97. The molecule has 1 unspecified atom stereocenters. The van der Waals surface area contributed by atoms with Crippen LogP contribution in [0.4, 0.5) is 5.69 Å². The van der Waals surface area contributed by atoms with Gasteiger partial charge < -0.3 is 10.6 Å². The Balaban J connectivity index is 1.96. The van der Waals surface area contributed by atoms with Crippen LogP contribution in [-0.2, 0) is 21.2 Å². The van der Waals surface area contributed by atoms with Gasteiger partial charge in [-0.1, -0.05) is 11.6 Å². The highest BCUT2D eigenvalue weighted by atomic mass is 35.5. The van der Waals surface area contributed by atoms with Crippen LogP contribution < -0.4 is 15.4 Å². The molecule has 6 nitrogen and oxygen atoms in total. The molecule has 0 radical (unpaired) electrons. The quantitative estimate of drug-likeness (QED) is 0.767. The van der Waals surface area contributed by atoms with Crippen LogP contribution in [0.1, 0.15) is 18.9 Å². The van der Waals surface area contributed by atoms with Gasteiger partial charge in [0.2, 0.25) is 15.9 Å². The maximum Gasteiger partial charge on any atom is 0.242 e. The number of carbonyl (C=O) groups is 1. The minimum Gasteiger partial charge on any atom is -0.325 e. The van der Waals surface area contributed by atoms with Gasteiger partial charge in [-0.3, -0.25) is 4.79 Å². The van der Waals surface area contributed by atoms with Crippen LogP contribution in [0.3, 0.4) is 0 Å². The van der Waals surface area contributed by atoms with E-state index in [1.807, 2.05) is 6.92 Å². The largest absolute Gasteiger partial charge is 0.325 e. The Hall–Kier alpha value is -1.15. The van der Waals surface area contributed by atoms with Crippen molar-refractivity contribution < 1.29 is 13.2 Å². The van der Waals surface area contributed by atoms with Crippen molar-refractivity contribution in [1.29, 1.82) is 0 Å². The van der Waals surface area contributed by atoms with Crippen molar-refractivity contribution in [3.05, 3.63) is 22.7 Å². The summed E-state index contributed by atoms with van der Waals surface area (Å²) in [7, 11) is -3.73. The molecule has 21 heavy (non-hydrogen) atoms. The van der Waals surface area contributed by atoms with Crippen LogP contribution in [0.25, 0.3) is 0 Å². The van der Waals surface area contributed by atoms with Gasteiger partial charge in [0.25, 0.3) is 0 Å². The summed E-state index contributed by atoms with van der Waals surface area (Å²) >= 11 is 6.08. The van der Waals surface area contributed by atoms with Gasteiger partial charge in [0.1, 0.15) is 4.90 Å². The molecule has 0 aromatic heterocycles. The van der Waals surface area contributed by atoms with Crippen molar-refractivity contribution in [3.8, 4) is 0 Å². The average Bonchev–Trinajstić information content (AvgIpc) is 2.92. The van der Waals surface area contributed by atoms with Crippen molar-refractivity contribution in [3.63, 3.8) is 0 Å². The molecular formula is C13H16ClN3O3S. The molecule has 1 fully saturated rings. The number of amides is 1. The molecular weight excluding hydrogens is 314 g/mol. The van der Waals surface area contributed by atoms with Gasteiger partial charge >= 0.3 is 0 Å². The van der Waals surface area contributed by atoms with Gasteiger partial charge in [-0.05, 0) is 37.6 Å². The number of halogens is 1. The molecule has 1 amide bonds. The molecule has 1 saturated heterocycles. The van der Waals surface area contributed by atoms with Crippen molar-refractivity contribution in [1.82, 2.24) is 10.0 Å². The fourth-order valence-electron chi connectivity index (χ4n) is 2.71. The molecule has 1 atom stereocenters. The van der Waals surface area contributed by atoms with Crippen molar-refractivity contribution in [2.24, 2.45) is 0 Å². The molecule has 2 heterocycles. The fourth-order valence-corrected chi connectivity index (χ4v) is 4.73. The van der Waals surface area contributed by atoms with Crippen molar-refractivity contribution >= 4 is 33.2 Å². The number of nitrogens with one attached hydrogen (secondary N) is 3. The normalized spacial score (nSPS) is 25.0. The minimum atomic E-state index is -3.73. The number of hydrogen-bond acceptors (Lipinski definition) is 4. The summed E-state index contributed by atoms with van der Waals surface area (Å²) in [6.07, 6.45) is 0.892. The number of sulfonamides is 1. The van der Waals surface area contributed by atoms with E-state index < -0.39 is 15.6 Å². The lowest BCUT2D eigenvalue weighted by Crippen LogP contribution is -2.47. The first-order chi connectivity index (χ1) is 9.79. The summed E-state index contributed by atoms with van der Waals surface area (Å²) in [5, 5.41) is 5.89. The second-order valence-corrected chi connectivity index (χ2v) is 7.82. The van der Waals surface area contributed by atoms with Gasteiger partial charge in [-0.2, -0.15) is 0 Å². The Morgan fingerprint density at radius 2 is 2.14 bits per heavy atom. The van der Waals surface area contributed by atoms with E-state index in [1.54, 1.807) is 0 Å². The Morgan fingerprint density at radius 3 is 2.81 bits per heavy atom. The first-order valence-corrected chi connectivity index (χ1v) is 8.52. The van der Waals surface area contributed by atoms with E-state index in [-0.39, 0.29) is 22.2 Å². The van der Waals surface area contributed by atoms with Crippen LogP contribution in [0.15, 0.2) is 17.0 Å². The monoisotopic (exact) mass is 329 g/mol. The van der Waals surface area contributed by atoms with E-state index >= 15 is 0 Å². The molecule has 114 valence electrons. The molecule has 3 N–H and O–H groups in total. The predicted octanol–water partition coefficient (Wildman–Crippen LogP) is 0.865. The van der Waals surface area contributed by atoms with E-state index in [4.69, 9.17) is 11.6 Å². The summed E-state index contributed by atoms with van der Waals surface area (Å²) in [5.41, 5.74) is 0.715. The zero-order valence-corrected chi connectivity index (χ0v) is 13.1. The molecule has 0 saturated carbocycles. The number of carbonyl (C=O) groups excluding carboxylic acids is 1. The topological polar surface area (TPSA) is 87.3 Å². The first-order valence-electron chi connectivity index (χ1n) is 6.66.